The molecule has 0 bridgehead atoms. The molecule has 0 aromatic heterocycles. The summed E-state index contributed by atoms with van der Waals surface area (Å²) in [4.78, 5) is 5.34. The molecule has 0 fully saturated rings. The molecule has 0 unspecified atom stereocenters. The van der Waals surface area contributed by atoms with Gasteiger partial charge < -0.3 is 4.90 Å². The van der Waals surface area contributed by atoms with Crippen LogP contribution in [0, 0.1) is 6.92 Å². The van der Waals surface area contributed by atoms with Gasteiger partial charge in [0.2, 0.25) is 6.71 Å². The number of rotatable bonds is 3. The van der Waals surface area contributed by atoms with E-state index in [4.69, 9.17) is 0 Å². The number of benzene rings is 7. The molecule has 0 radical (unpaired) electrons. The molecule has 0 N–H and O–H groups in total. The Morgan fingerprint density at radius 2 is 1.13 bits per heavy atom. The smallest absolute Gasteiger partial charge is 0.249 e. The minimum Gasteiger partial charge on any atom is -0.311 e. The summed E-state index contributed by atoms with van der Waals surface area (Å²) in [5.41, 5.74) is 14.9. The molecule has 3 aliphatic heterocycles. The van der Waals surface area contributed by atoms with E-state index in [0.29, 0.717) is 0 Å². The highest BCUT2D eigenvalue weighted by Crippen LogP contribution is 2.44. The van der Waals surface area contributed by atoms with Crippen LogP contribution < -0.4 is 42.0 Å². The summed E-state index contributed by atoms with van der Waals surface area (Å²) < 4.78 is 0. The zero-order valence-corrected chi connectivity index (χ0v) is 34.7. The highest BCUT2D eigenvalue weighted by atomic mass is 32.2. The van der Waals surface area contributed by atoms with Gasteiger partial charge in [0, 0.05) is 26.9 Å². The fraction of sp³-hybridized carbons (Fsp3) is 0.176. The maximum absolute atomic E-state index is 2.71. The molecule has 10 rings (SSSR count). The maximum atomic E-state index is 2.69. The molecule has 0 aliphatic carbocycles. The van der Waals surface area contributed by atoms with E-state index in [2.05, 4.69) is 205 Å². The molecule has 3 heterocycles. The number of nitrogens with zero attached hydrogens (tertiary/aromatic N) is 1. The quantitative estimate of drug-likeness (QED) is 0.167. The fourth-order valence-corrected chi connectivity index (χ4v) is 16.1. The lowest BCUT2D eigenvalue weighted by Gasteiger charge is -2.42. The molecule has 7 aromatic carbocycles. The first-order valence-corrected chi connectivity index (χ1v) is 22.5. The molecular weight excluding hydrogens is 698 g/mol. The average molecular weight is 744 g/mol. The SMILES string of the molecule is Cc1cc2c3c(c1)N(c1ccc(C(C)(C)C)cc1)c1cc4c(cc1B3c1cc(C(C)(C)C)ccc1S2)[Si](c1ccccc1)(c1ccccc1)c1ccccc1-4. The van der Waals surface area contributed by atoms with E-state index in [1.165, 1.54) is 91.8 Å². The Kier molecular flexibility index (Phi) is 7.67. The number of hydrogen-bond acceptors (Lipinski definition) is 2. The van der Waals surface area contributed by atoms with Crippen molar-refractivity contribution >= 4 is 80.7 Å². The van der Waals surface area contributed by atoms with E-state index in [1.807, 2.05) is 11.8 Å². The summed E-state index contributed by atoms with van der Waals surface area (Å²) in [7, 11) is -2.71. The van der Waals surface area contributed by atoms with Gasteiger partial charge in [0.15, 0.2) is 8.07 Å². The monoisotopic (exact) mass is 743 g/mol. The van der Waals surface area contributed by atoms with Gasteiger partial charge >= 0.3 is 0 Å². The van der Waals surface area contributed by atoms with Crippen molar-refractivity contribution in [3.8, 4) is 11.1 Å². The van der Waals surface area contributed by atoms with Crippen LogP contribution in [-0.2, 0) is 10.8 Å². The minimum atomic E-state index is -2.71. The predicted octanol–water partition coefficient (Wildman–Crippen LogP) is 8.71. The minimum absolute atomic E-state index is 0.0384. The van der Waals surface area contributed by atoms with Crippen molar-refractivity contribution in [3.05, 3.63) is 168 Å². The Labute approximate surface area is 332 Å². The van der Waals surface area contributed by atoms with E-state index in [0.717, 1.165) is 0 Å². The Hall–Kier alpha value is -5.03. The van der Waals surface area contributed by atoms with Crippen LogP contribution in [0.25, 0.3) is 11.1 Å². The molecule has 0 atom stereocenters. The number of fused-ring (bicyclic) bond motifs is 7. The third kappa shape index (κ3) is 5.14. The van der Waals surface area contributed by atoms with Gasteiger partial charge in [0.25, 0.3) is 0 Å². The Balaban J connectivity index is 1.34. The third-order valence-corrected chi connectivity index (χ3v) is 18.4. The van der Waals surface area contributed by atoms with Gasteiger partial charge in [0.1, 0.15) is 0 Å². The van der Waals surface area contributed by atoms with Crippen molar-refractivity contribution in [2.45, 2.75) is 69.1 Å². The van der Waals surface area contributed by atoms with Crippen molar-refractivity contribution in [1.82, 2.24) is 0 Å². The molecule has 3 aliphatic rings. The van der Waals surface area contributed by atoms with Crippen LogP contribution in [-0.4, -0.2) is 14.8 Å². The first-order valence-electron chi connectivity index (χ1n) is 19.7. The molecule has 268 valence electrons. The number of anilines is 3. The zero-order valence-electron chi connectivity index (χ0n) is 32.9. The lowest BCUT2D eigenvalue weighted by molar-refractivity contribution is 0.590. The first-order chi connectivity index (χ1) is 26.4. The van der Waals surface area contributed by atoms with Crippen molar-refractivity contribution in [3.63, 3.8) is 0 Å². The molecule has 0 spiro atoms. The number of hydrogen-bond donors (Lipinski definition) is 0. The summed E-state index contributed by atoms with van der Waals surface area (Å²) in [6.45, 7) is 16.3. The zero-order chi connectivity index (χ0) is 37.9. The van der Waals surface area contributed by atoms with Gasteiger partial charge in [-0.2, -0.15) is 0 Å². The van der Waals surface area contributed by atoms with Gasteiger partial charge in [-0.25, -0.2) is 0 Å². The van der Waals surface area contributed by atoms with E-state index >= 15 is 0 Å². The van der Waals surface area contributed by atoms with Crippen molar-refractivity contribution in [1.29, 1.82) is 0 Å². The van der Waals surface area contributed by atoms with Crippen LogP contribution >= 0.6 is 11.8 Å². The van der Waals surface area contributed by atoms with Crippen molar-refractivity contribution in [2.75, 3.05) is 4.90 Å². The van der Waals surface area contributed by atoms with Crippen LogP contribution in [0.2, 0.25) is 0 Å². The number of aryl methyl sites for hydroxylation is 1. The van der Waals surface area contributed by atoms with Crippen molar-refractivity contribution < 1.29 is 0 Å². The van der Waals surface area contributed by atoms with E-state index in [-0.39, 0.29) is 17.5 Å². The average Bonchev–Trinajstić information content (AvgIpc) is 3.47. The van der Waals surface area contributed by atoms with Gasteiger partial charge in [-0.1, -0.05) is 174 Å². The summed E-state index contributed by atoms with van der Waals surface area (Å²) in [6, 6.07) is 59.0. The lowest BCUT2D eigenvalue weighted by atomic mass is 9.34. The summed E-state index contributed by atoms with van der Waals surface area (Å²) >= 11 is 1.95. The Morgan fingerprint density at radius 3 is 1.78 bits per heavy atom. The Bertz CT molecular complexity index is 2610. The largest absolute Gasteiger partial charge is 0.311 e. The topological polar surface area (TPSA) is 3.24 Å². The molecule has 0 saturated carbocycles. The van der Waals surface area contributed by atoms with Crippen LogP contribution in [0.15, 0.2) is 161 Å². The predicted molar refractivity (Wildman–Crippen MR) is 241 cm³/mol. The second kappa shape index (κ2) is 12.2. The highest BCUT2D eigenvalue weighted by molar-refractivity contribution is 8.00. The van der Waals surface area contributed by atoms with Gasteiger partial charge in [-0.3, -0.25) is 0 Å². The van der Waals surface area contributed by atoms with E-state index in [9.17, 15) is 0 Å². The molecule has 7 aromatic rings. The van der Waals surface area contributed by atoms with Gasteiger partial charge in [-0.15, -0.1) is 0 Å². The molecule has 4 heteroatoms. The molecule has 0 saturated heterocycles. The van der Waals surface area contributed by atoms with Gasteiger partial charge in [-0.05, 0) is 114 Å². The third-order valence-electron chi connectivity index (χ3n) is 12.3. The van der Waals surface area contributed by atoms with E-state index in [1.54, 1.807) is 0 Å². The highest BCUT2D eigenvalue weighted by Gasteiger charge is 2.51. The second-order valence-electron chi connectivity index (χ2n) is 17.9. The first kappa shape index (κ1) is 34.5. The molecule has 0 amide bonds. The Morgan fingerprint density at radius 1 is 0.509 bits per heavy atom. The van der Waals surface area contributed by atoms with Crippen LogP contribution in [0.5, 0.6) is 0 Å². The maximum Gasteiger partial charge on any atom is 0.249 e. The van der Waals surface area contributed by atoms with Crippen LogP contribution in [0.4, 0.5) is 17.1 Å². The summed E-state index contributed by atoms with van der Waals surface area (Å²) in [5.74, 6) is 0. The summed E-state index contributed by atoms with van der Waals surface area (Å²) in [6.07, 6.45) is 0. The fourth-order valence-electron chi connectivity index (χ4n) is 9.67. The van der Waals surface area contributed by atoms with Gasteiger partial charge in [0.05, 0.1) is 0 Å². The molecule has 1 nitrogen and oxygen atoms in total. The second-order valence-corrected chi connectivity index (χ2v) is 22.7. The molecular formula is C51H46BNSSi. The molecule has 55 heavy (non-hydrogen) atoms. The standard InChI is InChI=1S/C51H46BNSSi/c1-33-28-44-49-46(29-33)54-45-27-24-35(51(5,6)7)30-42(45)52(49)41-32-48-40(31-43(41)53(44)36-25-22-34(23-26-36)50(2,3)4)39-20-14-15-21-47(39)55(48,37-16-10-8-11-17-37)38-18-12-9-13-19-38/h8-32H,1-7H3. The van der Waals surface area contributed by atoms with Crippen LogP contribution in [0.1, 0.15) is 58.2 Å². The lowest BCUT2D eigenvalue weighted by Crippen LogP contribution is -2.73. The normalized spacial score (nSPS) is 14.8. The van der Waals surface area contributed by atoms with E-state index < -0.39 is 8.07 Å². The summed E-state index contributed by atoms with van der Waals surface area (Å²) in [5, 5.41) is 5.85. The van der Waals surface area contributed by atoms with Crippen molar-refractivity contribution in [2.24, 2.45) is 0 Å². The van der Waals surface area contributed by atoms with Crippen LogP contribution in [0.3, 0.4) is 0 Å².